The number of nitrogens with two attached hydrogens (primary N) is 1. The standard InChI is InChI=1S/C15H20FN3O2/c1-10(15(21)19-6-2-3-7-19)18-9-12-8-11(14(17)20)4-5-13(12)16/h4-5,8,10,18H,2-3,6-7,9H2,1H3,(H2,17,20). The van der Waals surface area contributed by atoms with Crippen molar-refractivity contribution in [3.05, 3.63) is 35.1 Å². The number of amides is 2. The van der Waals surface area contributed by atoms with E-state index in [0.717, 1.165) is 25.9 Å². The number of hydrogen-bond acceptors (Lipinski definition) is 3. The normalized spacial score (nSPS) is 16.0. The van der Waals surface area contributed by atoms with E-state index in [1.807, 2.05) is 4.90 Å². The number of nitrogens with zero attached hydrogens (tertiary/aromatic N) is 1. The van der Waals surface area contributed by atoms with Crippen molar-refractivity contribution in [3.63, 3.8) is 0 Å². The topological polar surface area (TPSA) is 75.4 Å². The predicted molar refractivity (Wildman–Crippen MR) is 77.0 cm³/mol. The number of likely N-dealkylation sites (tertiary alicyclic amines) is 1. The molecule has 1 aliphatic heterocycles. The van der Waals surface area contributed by atoms with Gasteiger partial charge in [-0.1, -0.05) is 0 Å². The van der Waals surface area contributed by atoms with E-state index >= 15 is 0 Å². The largest absolute Gasteiger partial charge is 0.366 e. The van der Waals surface area contributed by atoms with E-state index in [1.54, 1.807) is 6.92 Å². The van der Waals surface area contributed by atoms with E-state index in [-0.39, 0.29) is 24.1 Å². The number of carbonyl (C=O) groups is 2. The number of carbonyl (C=O) groups excluding carboxylic acids is 2. The van der Waals surface area contributed by atoms with Gasteiger partial charge in [-0.2, -0.15) is 0 Å². The van der Waals surface area contributed by atoms with Crippen LogP contribution in [-0.4, -0.2) is 35.8 Å². The first-order valence-corrected chi connectivity index (χ1v) is 7.09. The Kier molecular flexibility index (Phi) is 4.90. The first-order valence-electron chi connectivity index (χ1n) is 7.09. The molecule has 0 spiro atoms. The summed E-state index contributed by atoms with van der Waals surface area (Å²) in [5.41, 5.74) is 5.76. The maximum atomic E-state index is 13.7. The first-order chi connectivity index (χ1) is 9.99. The lowest BCUT2D eigenvalue weighted by atomic mass is 10.1. The molecule has 114 valence electrons. The number of rotatable bonds is 5. The second-order valence-electron chi connectivity index (χ2n) is 5.31. The molecule has 1 aromatic rings. The van der Waals surface area contributed by atoms with Crippen LogP contribution in [0.1, 0.15) is 35.7 Å². The van der Waals surface area contributed by atoms with E-state index in [1.165, 1.54) is 18.2 Å². The Hall–Kier alpha value is -1.95. The fourth-order valence-corrected chi connectivity index (χ4v) is 2.43. The SMILES string of the molecule is CC(NCc1cc(C(N)=O)ccc1F)C(=O)N1CCCC1. The first kappa shape index (κ1) is 15.4. The lowest BCUT2D eigenvalue weighted by molar-refractivity contribution is -0.132. The summed E-state index contributed by atoms with van der Waals surface area (Å²) in [6.45, 7) is 3.51. The lowest BCUT2D eigenvalue weighted by Crippen LogP contribution is -2.43. The average molecular weight is 293 g/mol. The van der Waals surface area contributed by atoms with E-state index in [0.29, 0.717) is 5.56 Å². The number of halogens is 1. The molecule has 1 atom stereocenters. The van der Waals surface area contributed by atoms with Crippen LogP contribution in [0.4, 0.5) is 4.39 Å². The molecule has 0 aliphatic carbocycles. The van der Waals surface area contributed by atoms with E-state index in [9.17, 15) is 14.0 Å². The quantitative estimate of drug-likeness (QED) is 0.851. The maximum absolute atomic E-state index is 13.7. The van der Waals surface area contributed by atoms with Gasteiger partial charge < -0.3 is 16.0 Å². The molecule has 1 saturated heterocycles. The Morgan fingerprint density at radius 2 is 2.05 bits per heavy atom. The minimum Gasteiger partial charge on any atom is -0.366 e. The molecule has 3 N–H and O–H groups in total. The van der Waals surface area contributed by atoms with E-state index in [2.05, 4.69) is 5.32 Å². The highest BCUT2D eigenvalue weighted by atomic mass is 19.1. The molecule has 0 radical (unpaired) electrons. The van der Waals surface area contributed by atoms with Crippen LogP contribution in [0, 0.1) is 5.82 Å². The summed E-state index contributed by atoms with van der Waals surface area (Å²) in [4.78, 5) is 25.0. The summed E-state index contributed by atoms with van der Waals surface area (Å²) >= 11 is 0. The molecule has 2 rings (SSSR count). The minimum atomic E-state index is -0.600. The van der Waals surface area contributed by atoms with E-state index in [4.69, 9.17) is 5.73 Å². The molecule has 0 saturated carbocycles. The molecule has 1 aliphatic rings. The van der Waals surface area contributed by atoms with Gasteiger partial charge in [0.15, 0.2) is 0 Å². The Balaban J connectivity index is 1.97. The van der Waals surface area contributed by atoms with Crippen LogP contribution < -0.4 is 11.1 Å². The fraction of sp³-hybridized carbons (Fsp3) is 0.467. The van der Waals surface area contributed by atoms with Gasteiger partial charge in [-0.3, -0.25) is 9.59 Å². The Morgan fingerprint density at radius 1 is 1.38 bits per heavy atom. The Bertz CT molecular complexity index is 542. The zero-order valence-corrected chi connectivity index (χ0v) is 12.1. The van der Waals surface area contributed by atoms with E-state index < -0.39 is 11.7 Å². The van der Waals surface area contributed by atoms with Gasteiger partial charge in [0.1, 0.15) is 5.82 Å². The average Bonchev–Trinajstić information content (AvgIpc) is 2.99. The molecule has 5 nitrogen and oxygen atoms in total. The van der Waals surface area contributed by atoms with Gasteiger partial charge in [-0.05, 0) is 38.0 Å². The summed E-state index contributed by atoms with van der Waals surface area (Å²) in [5.74, 6) is -0.996. The van der Waals surface area contributed by atoms with Crippen LogP contribution >= 0.6 is 0 Å². The molecule has 0 bridgehead atoms. The van der Waals surface area contributed by atoms with Crippen LogP contribution in [-0.2, 0) is 11.3 Å². The fourth-order valence-electron chi connectivity index (χ4n) is 2.43. The van der Waals surface area contributed by atoms with Gasteiger partial charge in [0.05, 0.1) is 6.04 Å². The van der Waals surface area contributed by atoms with Crippen molar-refractivity contribution in [2.45, 2.75) is 32.4 Å². The van der Waals surface area contributed by atoms with Gasteiger partial charge in [0.25, 0.3) is 0 Å². The second kappa shape index (κ2) is 6.67. The lowest BCUT2D eigenvalue weighted by Gasteiger charge is -2.21. The van der Waals surface area contributed by atoms with Crippen molar-refractivity contribution in [1.82, 2.24) is 10.2 Å². The maximum Gasteiger partial charge on any atom is 0.248 e. The molecule has 2 amide bonds. The molecular weight excluding hydrogens is 273 g/mol. The van der Waals surface area contributed by atoms with Gasteiger partial charge in [0, 0.05) is 30.8 Å². The highest BCUT2D eigenvalue weighted by Gasteiger charge is 2.23. The predicted octanol–water partition coefficient (Wildman–Crippen LogP) is 1.03. The number of nitrogens with one attached hydrogen (secondary N) is 1. The third-order valence-electron chi connectivity index (χ3n) is 3.72. The van der Waals surface area contributed by atoms with Crippen LogP contribution in [0.25, 0.3) is 0 Å². The Morgan fingerprint density at radius 3 is 2.67 bits per heavy atom. The number of primary amides is 1. The zero-order valence-electron chi connectivity index (χ0n) is 12.1. The van der Waals surface area contributed by atoms with Crippen LogP contribution in [0.15, 0.2) is 18.2 Å². The molecule has 6 heteroatoms. The van der Waals surface area contributed by atoms with Crippen molar-refractivity contribution in [3.8, 4) is 0 Å². The summed E-state index contributed by atoms with van der Waals surface area (Å²) in [6.07, 6.45) is 2.07. The van der Waals surface area contributed by atoms with Crippen molar-refractivity contribution in [2.24, 2.45) is 5.73 Å². The second-order valence-corrected chi connectivity index (χ2v) is 5.31. The summed E-state index contributed by atoms with van der Waals surface area (Å²) < 4.78 is 13.7. The molecule has 21 heavy (non-hydrogen) atoms. The number of benzene rings is 1. The Labute approximate surface area is 123 Å². The molecule has 0 aromatic heterocycles. The van der Waals surface area contributed by atoms with Crippen LogP contribution in [0.3, 0.4) is 0 Å². The molecule has 1 fully saturated rings. The molecule has 1 aromatic carbocycles. The highest BCUT2D eigenvalue weighted by Crippen LogP contribution is 2.12. The van der Waals surface area contributed by atoms with Gasteiger partial charge in [-0.15, -0.1) is 0 Å². The van der Waals surface area contributed by atoms with Gasteiger partial charge in [-0.25, -0.2) is 4.39 Å². The van der Waals surface area contributed by atoms with Gasteiger partial charge in [0.2, 0.25) is 11.8 Å². The summed E-state index contributed by atoms with van der Waals surface area (Å²) in [6, 6.07) is 3.58. The van der Waals surface area contributed by atoms with Crippen LogP contribution in [0.2, 0.25) is 0 Å². The monoisotopic (exact) mass is 293 g/mol. The van der Waals surface area contributed by atoms with Crippen molar-refractivity contribution < 1.29 is 14.0 Å². The molecular formula is C15H20FN3O2. The van der Waals surface area contributed by atoms with Gasteiger partial charge >= 0.3 is 0 Å². The minimum absolute atomic E-state index is 0.0268. The third kappa shape index (κ3) is 3.78. The highest BCUT2D eigenvalue weighted by molar-refractivity contribution is 5.92. The van der Waals surface area contributed by atoms with Crippen molar-refractivity contribution in [1.29, 1.82) is 0 Å². The summed E-state index contributed by atoms with van der Waals surface area (Å²) in [5, 5.41) is 3.00. The van der Waals surface area contributed by atoms with Crippen molar-refractivity contribution >= 4 is 11.8 Å². The molecule has 1 unspecified atom stereocenters. The number of hydrogen-bond donors (Lipinski definition) is 2. The summed E-state index contributed by atoms with van der Waals surface area (Å²) in [7, 11) is 0. The van der Waals surface area contributed by atoms with Crippen LogP contribution in [0.5, 0.6) is 0 Å². The smallest absolute Gasteiger partial charge is 0.248 e. The molecule has 1 heterocycles. The third-order valence-corrected chi connectivity index (χ3v) is 3.72. The zero-order chi connectivity index (χ0) is 15.4. The van der Waals surface area contributed by atoms with Crippen molar-refractivity contribution in [2.75, 3.05) is 13.1 Å².